The molecule has 11 nitrogen and oxygen atoms in total. The van der Waals surface area contributed by atoms with Crippen molar-refractivity contribution in [2.45, 2.75) is 174 Å². The Morgan fingerprint density at radius 2 is 1.15 bits per heavy atom. The SMILES string of the molecule is CC/C=C\C[C@H](O)/C=C/C=C/C=C\C=C/[C@@H](O)[C@H](O)CCCC(=O)O[C@H](COC(=O)CCCCCCCCCCCCCCCC(C)C)COP(=O)(O)O. The molecule has 0 saturated carbocycles. The number of hydrogen-bond donors (Lipinski definition) is 5. The Balaban J connectivity index is 4.28. The summed E-state index contributed by atoms with van der Waals surface area (Å²) in [4.78, 5) is 42.8. The van der Waals surface area contributed by atoms with Crippen LogP contribution in [0, 0.1) is 5.92 Å². The standard InChI is InChI=1S/C42H73O11P/c1-4-5-21-28-37(43)29-23-18-15-16-19-24-30-39(44)40(45)31-26-33-42(47)53-38(35-52-54(48,49)50)34-51-41(46)32-25-20-14-12-10-8-6-7-9-11-13-17-22-27-36(2)3/h5,15-16,18-19,21,23-24,29-30,36-40,43-45H,4,6-14,17,20,22,25-28,31-35H2,1-3H3,(H2,48,49,50)/b18-15+,19-16-,21-5-,29-23+,30-24-/t37-,38+,39+,40+/m0/s1. The quantitative estimate of drug-likeness (QED) is 0.0136. The predicted octanol–water partition coefficient (Wildman–Crippen LogP) is 8.89. The highest BCUT2D eigenvalue weighted by Crippen LogP contribution is 2.36. The van der Waals surface area contributed by atoms with E-state index in [4.69, 9.17) is 19.3 Å². The summed E-state index contributed by atoms with van der Waals surface area (Å²) in [5.74, 6) is -0.412. The van der Waals surface area contributed by atoms with Gasteiger partial charge in [-0.05, 0) is 38.0 Å². The van der Waals surface area contributed by atoms with E-state index in [-0.39, 0.29) is 25.7 Å². The summed E-state index contributed by atoms with van der Waals surface area (Å²) in [6, 6.07) is 0. The molecular weight excluding hydrogens is 711 g/mol. The summed E-state index contributed by atoms with van der Waals surface area (Å²) in [5.41, 5.74) is 0. The summed E-state index contributed by atoms with van der Waals surface area (Å²) in [6.45, 7) is 5.52. The van der Waals surface area contributed by atoms with Crippen molar-refractivity contribution in [3.63, 3.8) is 0 Å². The van der Waals surface area contributed by atoms with E-state index in [2.05, 4.69) is 18.4 Å². The summed E-state index contributed by atoms with van der Waals surface area (Å²) < 4.78 is 26.2. The molecule has 5 N–H and O–H groups in total. The zero-order chi connectivity index (χ0) is 40.3. The minimum atomic E-state index is -4.85. The third-order valence-corrected chi connectivity index (χ3v) is 9.06. The molecule has 0 aromatic carbocycles. The van der Waals surface area contributed by atoms with Crippen molar-refractivity contribution in [1.29, 1.82) is 0 Å². The zero-order valence-corrected chi connectivity index (χ0v) is 34.2. The first-order chi connectivity index (χ1) is 25.8. The number of aliphatic hydroxyl groups is 3. The van der Waals surface area contributed by atoms with Crippen LogP contribution in [0.1, 0.15) is 149 Å². The Kier molecular flexibility index (Phi) is 33.5. The maximum atomic E-state index is 12.4. The van der Waals surface area contributed by atoms with E-state index < -0.39 is 57.4 Å². The first kappa shape index (κ1) is 51.6. The minimum Gasteiger partial charge on any atom is -0.462 e. The molecule has 0 saturated heterocycles. The van der Waals surface area contributed by atoms with Crippen LogP contribution in [0.5, 0.6) is 0 Å². The number of phosphoric acid groups is 1. The molecule has 0 amide bonds. The summed E-state index contributed by atoms with van der Waals surface area (Å²) >= 11 is 0. The van der Waals surface area contributed by atoms with Crippen molar-refractivity contribution in [2.24, 2.45) is 5.92 Å². The molecule has 4 atom stereocenters. The van der Waals surface area contributed by atoms with Gasteiger partial charge in [-0.25, -0.2) is 4.57 Å². The van der Waals surface area contributed by atoms with Crippen molar-refractivity contribution in [1.82, 2.24) is 0 Å². The van der Waals surface area contributed by atoms with Crippen LogP contribution in [-0.4, -0.2) is 74.7 Å². The van der Waals surface area contributed by atoms with Crippen LogP contribution >= 0.6 is 7.82 Å². The van der Waals surface area contributed by atoms with Gasteiger partial charge in [-0.2, -0.15) is 0 Å². The number of ether oxygens (including phenoxy) is 2. The highest BCUT2D eigenvalue weighted by atomic mass is 31.2. The Bertz CT molecular complexity index is 1130. The van der Waals surface area contributed by atoms with Gasteiger partial charge in [0.1, 0.15) is 6.61 Å². The van der Waals surface area contributed by atoms with Crippen LogP contribution in [0.4, 0.5) is 0 Å². The molecule has 0 spiro atoms. The van der Waals surface area contributed by atoms with E-state index in [0.717, 1.165) is 31.6 Å². The average molecular weight is 785 g/mol. The van der Waals surface area contributed by atoms with Gasteiger partial charge >= 0.3 is 19.8 Å². The van der Waals surface area contributed by atoms with E-state index in [9.17, 15) is 29.5 Å². The zero-order valence-electron chi connectivity index (χ0n) is 33.3. The smallest absolute Gasteiger partial charge is 0.462 e. The normalized spacial score (nSPS) is 15.0. The first-order valence-corrected chi connectivity index (χ1v) is 21.8. The Morgan fingerprint density at radius 1 is 0.630 bits per heavy atom. The Labute approximate surface area is 325 Å². The second-order valence-electron chi connectivity index (χ2n) is 14.3. The summed E-state index contributed by atoms with van der Waals surface area (Å²) in [7, 11) is -4.85. The van der Waals surface area contributed by atoms with Crippen molar-refractivity contribution >= 4 is 19.8 Å². The summed E-state index contributed by atoms with van der Waals surface area (Å²) in [5, 5.41) is 30.2. The molecule has 0 fully saturated rings. The van der Waals surface area contributed by atoms with E-state index in [1.807, 2.05) is 19.1 Å². The van der Waals surface area contributed by atoms with Crippen LogP contribution in [-0.2, 0) is 28.2 Å². The van der Waals surface area contributed by atoms with Crippen molar-refractivity contribution in [3.05, 3.63) is 60.8 Å². The molecule has 312 valence electrons. The number of rotatable bonds is 35. The number of esters is 2. The lowest BCUT2D eigenvalue weighted by atomic mass is 10.0. The number of phosphoric ester groups is 1. The van der Waals surface area contributed by atoms with E-state index in [1.54, 1.807) is 42.5 Å². The van der Waals surface area contributed by atoms with Crippen LogP contribution in [0.25, 0.3) is 0 Å². The molecule has 54 heavy (non-hydrogen) atoms. The molecule has 0 aromatic rings. The van der Waals surface area contributed by atoms with Gasteiger partial charge in [0.05, 0.1) is 24.9 Å². The number of carbonyl (C=O) groups excluding carboxylic acids is 2. The summed E-state index contributed by atoms with van der Waals surface area (Å²) in [6.07, 6.45) is 31.8. The molecule has 0 rings (SSSR count). The molecule has 12 heteroatoms. The fourth-order valence-corrected chi connectivity index (χ4v) is 5.79. The van der Waals surface area contributed by atoms with Gasteiger partial charge in [-0.3, -0.25) is 14.1 Å². The van der Waals surface area contributed by atoms with E-state index in [0.29, 0.717) is 12.8 Å². The monoisotopic (exact) mass is 784 g/mol. The van der Waals surface area contributed by atoms with Gasteiger partial charge in [-0.1, -0.05) is 165 Å². The topological polar surface area (TPSA) is 180 Å². The number of hydrogen-bond acceptors (Lipinski definition) is 9. The fourth-order valence-electron chi connectivity index (χ4n) is 5.43. The van der Waals surface area contributed by atoms with Gasteiger partial charge < -0.3 is 34.6 Å². The van der Waals surface area contributed by atoms with Crippen LogP contribution in [0.3, 0.4) is 0 Å². The van der Waals surface area contributed by atoms with Crippen molar-refractivity contribution in [3.8, 4) is 0 Å². The van der Waals surface area contributed by atoms with Crippen LogP contribution in [0.2, 0.25) is 0 Å². The Hall–Kier alpha value is -2.37. The highest BCUT2D eigenvalue weighted by molar-refractivity contribution is 7.46. The minimum absolute atomic E-state index is 0.0855. The predicted molar refractivity (Wildman–Crippen MR) is 215 cm³/mol. The molecule has 0 bridgehead atoms. The molecule has 0 aliphatic heterocycles. The lowest BCUT2D eigenvalue weighted by Gasteiger charge is -2.19. The highest BCUT2D eigenvalue weighted by Gasteiger charge is 2.23. The first-order valence-electron chi connectivity index (χ1n) is 20.3. The number of allylic oxidation sites excluding steroid dienone is 7. The van der Waals surface area contributed by atoms with Crippen LogP contribution in [0.15, 0.2) is 60.8 Å². The molecule has 0 aliphatic rings. The average Bonchev–Trinajstić information content (AvgIpc) is 3.11. The third kappa shape index (κ3) is 36.6. The third-order valence-electron chi connectivity index (χ3n) is 8.57. The second kappa shape index (κ2) is 35.1. The molecule has 0 heterocycles. The lowest BCUT2D eigenvalue weighted by Crippen LogP contribution is -2.29. The number of unbranched alkanes of at least 4 members (excludes halogenated alkanes) is 12. The molecular formula is C42H73O11P. The number of aliphatic hydroxyl groups excluding tert-OH is 3. The fraction of sp³-hybridized carbons (Fsp3) is 0.714. The van der Waals surface area contributed by atoms with Crippen LogP contribution < -0.4 is 0 Å². The van der Waals surface area contributed by atoms with Crippen molar-refractivity contribution < 1.29 is 53.3 Å². The lowest BCUT2D eigenvalue weighted by molar-refractivity contribution is -0.161. The van der Waals surface area contributed by atoms with Gasteiger partial charge in [0.2, 0.25) is 0 Å². The molecule has 0 unspecified atom stereocenters. The van der Waals surface area contributed by atoms with Crippen molar-refractivity contribution in [2.75, 3.05) is 13.2 Å². The maximum absolute atomic E-state index is 12.4. The molecule has 0 aromatic heterocycles. The molecule has 0 aliphatic carbocycles. The Morgan fingerprint density at radius 3 is 1.70 bits per heavy atom. The van der Waals surface area contributed by atoms with Gasteiger partial charge in [0, 0.05) is 12.8 Å². The number of carbonyl (C=O) groups is 2. The maximum Gasteiger partial charge on any atom is 0.469 e. The van der Waals surface area contributed by atoms with Gasteiger partial charge in [0.25, 0.3) is 0 Å². The van der Waals surface area contributed by atoms with E-state index in [1.165, 1.54) is 70.3 Å². The second-order valence-corrected chi connectivity index (χ2v) is 15.5. The van der Waals surface area contributed by atoms with Gasteiger partial charge in [0.15, 0.2) is 6.10 Å². The van der Waals surface area contributed by atoms with Gasteiger partial charge in [-0.15, -0.1) is 0 Å². The van der Waals surface area contributed by atoms with E-state index >= 15 is 0 Å². The largest absolute Gasteiger partial charge is 0.469 e. The molecule has 0 radical (unpaired) electrons.